The Morgan fingerprint density at radius 3 is 2.21 bits per heavy atom. The van der Waals surface area contributed by atoms with Gasteiger partial charge in [0.05, 0.1) is 24.7 Å². The van der Waals surface area contributed by atoms with E-state index in [0.29, 0.717) is 31.8 Å². The molecule has 0 saturated carbocycles. The molecule has 7 heteroatoms. The number of hydrogen-bond acceptors (Lipinski definition) is 4. The standard InChI is InChI=1S/C26H26F3NO3/c27-26(28,29)33-23-14-8-7-13-22(23)25(19-31,21-11-5-2-6-12-21)24-18-30(15-16-32-24)17-20-9-3-1-4-10-20/h1-14,24,31H,15-19H2. The lowest BCUT2D eigenvalue weighted by atomic mass is 9.70. The van der Waals surface area contributed by atoms with Gasteiger partial charge in [0.2, 0.25) is 0 Å². The molecule has 1 saturated heterocycles. The second-order valence-electron chi connectivity index (χ2n) is 8.12. The SMILES string of the molecule is OCC(c1ccccc1)(c1ccccc1OC(F)(F)F)C1CN(Cc2ccccc2)CCO1. The second-order valence-corrected chi connectivity index (χ2v) is 8.12. The van der Waals surface area contributed by atoms with Gasteiger partial charge in [0.1, 0.15) is 5.75 Å². The topological polar surface area (TPSA) is 41.9 Å². The molecule has 0 spiro atoms. The number of para-hydroxylation sites is 1. The molecule has 0 aromatic heterocycles. The molecule has 1 aliphatic heterocycles. The normalized spacial score (nSPS) is 19.1. The zero-order chi connectivity index (χ0) is 23.3. The predicted molar refractivity (Wildman–Crippen MR) is 119 cm³/mol. The highest BCUT2D eigenvalue weighted by molar-refractivity contribution is 5.49. The van der Waals surface area contributed by atoms with Gasteiger partial charge in [0.25, 0.3) is 0 Å². The molecule has 0 bridgehead atoms. The molecule has 1 heterocycles. The van der Waals surface area contributed by atoms with Crippen molar-refractivity contribution in [2.45, 2.75) is 24.4 Å². The Hall–Kier alpha value is -2.87. The number of rotatable bonds is 7. The monoisotopic (exact) mass is 457 g/mol. The van der Waals surface area contributed by atoms with Gasteiger partial charge in [-0.2, -0.15) is 0 Å². The molecule has 0 amide bonds. The fraction of sp³-hybridized carbons (Fsp3) is 0.308. The summed E-state index contributed by atoms with van der Waals surface area (Å²) in [5, 5.41) is 10.8. The molecule has 174 valence electrons. The summed E-state index contributed by atoms with van der Waals surface area (Å²) >= 11 is 0. The van der Waals surface area contributed by atoms with Crippen molar-refractivity contribution in [1.29, 1.82) is 0 Å². The van der Waals surface area contributed by atoms with E-state index in [-0.39, 0.29) is 11.3 Å². The minimum absolute atomic E-state index is 0.239. The van der Waals surface area contributed by atoms with Gasteiger partial charge in [0, 0.05) is 25.2 Å². The van der Waals surface area contributed by atoms with E-state index >= 15 is 0 Å². The van der Waals surface area contributed by atoms with E-state index in [1.807, 2.05) is 36.4 Å². The minimum Gasteiger partial charge on any atom is -0.405 e. The molecule has 3 aromatic carbocycles. The van der Waals surface area contributed by atoms with E-state index in [2.05, 4.69) is 9.64 Å². The Bertz CT molecular complexity index is 1030. The summed E-state index contributed by atoms with van der Waals surface area (Å²) in [6, 6.07) is 25.0. The molecule has 1 aliphatic rings. The molecule has 2 atom stereocenters. The van der Waals surface area contributed by atoms with E-state index in [4.69, 9.17) is 4.74 Å². The third kappa shape index (κ3) is 5.21. The number of hydrogen-bond donors (Lipinski definition) is 1. The maximum Gasteiger partial charge on any atom is 0.573 e. The third-order valence-corrected chi connectivity index (χ3v) is 6.08. The highest BCUT2D eigenvalue weighted by atomic mass is 19.4. The number of nitrogens with zero attached hydrogens (tertiary/aromatic N) is 1. The molecule has 2 unspecified atom stereocenters. The van der Waals surface area contributed by atoms with Crippen molar-refractivity contribution in [1.82, 2.24) is 4.90 Å². The van der Waals surface area contributed by atoms with Gasteiger partial charge in [-0.1, -0.05) is 78.9 Å². The Kier molecular flexibility index (Phi) is 7.02. The second kappa shape index (κ2) is 9.95. The summed E-state index contributed by atoms with van der Waals surface area (Å²) < 4.78 is 50.3. The lowest BCUT2D eigenvalue weighted by Crippen LogP contribution is -2.55. The van der Waals surface area contributed by atoms with Crippen molar-refractivity contribution in [2.24, 2.45) is 0 Å². The van der Waals surface area contributed by atoms with Crippen LogP contribution in [0.2, 0.25) is 0 Å². The first-order chi connectivity index (χ1) is 15.9. The highest BCUT2D eigenvalue weighted by Gasteiger charge is 2.47. The lowest BCUT2D eigenvalue weighted by Gasteiger charge is -2.45. The number of morpholine rings is 1. The van der Waals surface area contributed by atoms with Gasteiger partial charge in [0.15, 0.2) is 0 Å². The zero-order valence-electron chi connectivity index (χ0n) is 18.0. The van der Waals surface area contributed by atoms with E-state index < -0.39 is 24.5 Å². The first kappa shape index (κ1) is 23.3. The summed E-state index contributed by atoms with van der Waals surface area (Å²) in [6.07, 6.45) is -5.46. The summed E-state index contributed by atoms with van der Waals surface area (Å²) in [5.41, 5.74) is 0.784. The minimum atomic E-state index is -4.86. The van der Waals surface area contributed by atoms with Crippen LogP contribution in [0.5, 0.6) is 5.75 Å². The van der Waals surface area contributed by atoms with Crippen LogP contribution in [-0.4, -0.2) is 48.8 Å². The van der Waals surface area contributed by atoms with Crippen LogP contribution in [0.15, 0.2) is 84.9 Å². The van der Waals surface area contributed by atoms with Gasteiger partial charge in [-0.3, -0.25) is 4.90 Å². The van der Waals surface area contributed by atoms with Gasteiger partial charge >= 0.3 is 6.36 Å². The summed E-state index contributed by atoms with van der Waals surface area (Å²) in [4.78, 5) is 2.20. The van der Waals surface area contributed by atoms with Crippen LogP contribution in [0.4, 0.5) is 13.2 Å². The number of ether oxygens (including phenoxy) is 2. The third-order valence-electron chi connectivity index (χ3n) is 6.08. The summed E-state index contributed by atoms with van der Waals surface area (Å²) in [5.74, 6) is -0.341. The first-order valence-corrected chi connectivity index (χ1v) is 10.8. The Labute approximate surface area is 191 Å². The largest absolute Gasteiger partial charge is 0.573 e. The average Bonchev–Trinajstić information content (AvgIpc) is 2.82. The van der Waals surface area contributed by atoms with Crippen molar-refractivity contribution >= 4 is 0 Å². The van der Waals surface area contributed by atoms with Gasteiger partial charge in [-0.05, 0) is 17.2 Å². The van der Waals surface area contributed by atoms with Crippen LogP contribution in [0.25, 0.3) is 0 Å². The molecule has 4 nitrogen and oxygen atoms in total. The van der Waals surface area contributed by atoms with Crippen molar-refractivity contribution in [3.8, 4) is 5.75 Å². The van der Waals surface area contributed by atoms with Crippen molar-refractivity contribution in [3.63, 3.8) is 0 Å². The molecule has 0 aliphatic carbocycles. The van der Waals surface area contributed by atoms with Crippen molar-refractivity contribution < 1.29 is 27.8 Å². The quantitative estimate of drug-likeness (QED) is 0.555. The number of aliphatic hydroxyl groups excluding tert-OH is 1. The summed E-state index contributed by atoms with van der Waals surface area (Å²) in [6.45, 7) is 1.75. The first-order valence-electron chi connectivity index (χ1n) is 10.8. The highest BCUT2D eigenvalue weighted by Crippen LogP contribution is 2.43. The fourth-order valence-electron chi connectivity index (χ4n) is 4.56. The Morgan fingerprint density at radius 1 is 0.909 bits per heavy atom. The smallest absolute Gasteiger partial charge is 0.405 e. The summed E-state index contributed by atoms with van der Waals surface area (Å²) in [7, 11) is 0. The van der Waals surface area contributed by atoms with E-state index in [1.54, 1.807) is 36.4 Å². The van der Waals surface area contributed by atoms with Gasteiger partial charge < -0.3 is 14.6 Å². The number of alkyl halides is 3. The lowest BCUT2D eigenvalue weighted by molar-refractivity contribution is -0.275. The Balaban J connectivity index is 1.76. The molecule has 1 N–H and O–H groups in total. The fourth-order valence-corrected chi connectivity index (χ4v) is 4.56. The van der Waals surface area contributed by atoms with Crippen LogP contribution >= 0.6 is 0 Å². The average molecular weight is 457 g/mol. The van der Waals surface area contributed by atoms with Crippen LogP contribution in [-0.2, 0) is 16.7 Å². The zero-order valence-corrected chi connectivity index (χ0v) is 18.0. The van der Waals surface area contributed by atoms with E-state index in [1.165, 1.54) is 12.1 Å². The molecule has 0 radical (unpaired) electrons. The van der Waals surface area contributed by atoms with Crippen LogP contribution in [0, 0.1) is 0 Å². The molecular formula is C26H26F3NO3. The molecule has 4 rings (SSSR count). The number of benzene rings is 3. The molecule has 33 heavy (non-hydrogen) atoms. The molecule has 3 aromatic rings. The Morgan fingerprint density at radius 2 is 1.55 bits per heavy atom. The van der Waals surface area contributed by atoms with Gasteiger partial charge in [-0.15, -0.1) is 13.2 Å². The van der Waals surface area contributed by atoms with E-state index in [9.17, 15) is 18.3 Å². The van der Waals surface area contributed by atoms with Crippen LogP contribution < -0.4 is 4.74 Å². The maximum atomic E-state index is 13.2. The molecular weight excluding hydrogens is 431 g/mol. The number of aliphatic hydroxyl groups is 1. The molecule has 1 fully saturated rings. The maximum absolute atomic E-state index is 13.2. The van der Waals surface area contributed by atoms with Crippen LogP contribution in [0.3, 0.4) is 0 Å². The predicted octanol–water partition coefficient (Wildman–Crippen LogP) is 4.76. The van der Waals surface area contributed by atoms with Gasteiger partial charge in [-0.25, -0.2) is 0 Å². The number of halogens is 3. The van der Waals surface area contributed by atoms with Crippen molar-refractivity contribution in [3.05, 3.63) is 102 Å². The van der Waals surface area contributed by atoms with Crippen molar-refractivity contribution in [2.75, 3.05) is 26.3 Å². The van der Waals surface area contributed by atoms with Crippen LogP contribution in [0.1, 0.15) is 16.7 Å². The van der Waals surface area contributed by atoms with E-state index in [0.717, 1.165) is 5.56 Å².